The van der Waals surface area contributed by atoms with Gasteiger partial charge < -0.3 is 28.7 Å². The van der Waals surface area contributed by atoms with E-state index in [2.05, 4.69) is 24.3 Å². The highest BCUT2D eigenvalue weighted by Crippen LogP contribution is 2.46. The highest BCUT2D eigenvalue weighted by atomic mass is 16.7. The average Bonchev–Trinajstić information content (AvgIpc) is 3.72. The second kappa shape index (κ2) is 11.7. The van der Waals surface area contributed by atoms with Crippen molar-refractivity contribution in [3.05, 3.63) is 65.8 Å². The summed E-state index contributed by atoms with van der Waals surface area (Å²) in [7, 11) is 0. The van der Waals surface area contributed by atoms with Crippen LogP contribution < -0.4 is 18.9 Å². The Morgan fingerprint density at radius 3 is 1.95 bits per heavy atom. The number of nitrogens with zero attached hydrogens (tertiary/aromatic N) is 2. The summed E-state index contributed by atoms with van der Waals surface area (Å²) >= 11 is 0. The zero-order valence-electron chi connectivity index (χ0n) is 23.9. The van der Waals surface area contributed by atoms with Crippen molar-refractivity contribution in [3.63, 3.8) is 0 Å². The highest BCUT2D eigenvalue weighted by molar-refractivity contribution is 5.90. The van der Waals surface area contributed by atoms with E-state index in [1.54, 1.807) is 0 Å². The number of piperidine rings is 2. The predicted octanol–water partition coefficient (Wildman–Crippen LogP) is 5.38. The molecule has 5 aliphatic rings. The largest absolute Gasteiger partial charge is 0.454 e. The summed E-state index contributed by atoms with van der Waals surface area (Å²) in [6.07, 6.45) is 14.7. The van der Waals surface area contributed by atoms with E-state index in [1.807, 2.05) is 46.2 Å². The van der Waals surface area contributed by atoms with Gasteiger partial charge in [0, 0.05) is 38.0 Å². The van der Waals surface area contributed by atoms with Crippen LogP contribution in [0.25, 0.3) is 6.08 Å². The highest BCUT2D eigenvalue weighted by Gasteiger charge is 2.46. The van der Waals surface area contributed by atoms with Crippen LogP contribution in [-0.2, 0) is 9.59 Å². The molecule has 2 saturated heterocycles. The molecule has 0 bridgehead atoms. The summed E-state index contributed by atoms with van der Waals surface area (Å²) in [6, 6.07) is 11.9. The molecule has 0 aromatic heterocycles. The Balaban J connectivity index is 1.29. The maximum Gasteiger partial charge on any atom is 0.231 e. The summed E-state index contributed by atoms with van der Waals surface area (Å²) in [5.41, 5.74) is 2.00. The Labute approximate surface area is 246 Å². The number of carbonyl (C=O) groups is 2. The maximum absolute atomic E-state index is 14.5. The first-order valence-electron chi connectivity index (χ1n) is 15.4. The number of amides is 2. The molecule has 2 aromatic rings. The van der Waals surface area contributed by atoms with Crippen molar-refractivity contribution in [2.24, 2.45) is 17.8 Å². The number of hydrogen-bond donors (Lipinski definition) is 0. The fourth-order valence-electron chi connectivity index (χ4n) is 7.09. The fraction of sp³-hybridized carbons (Fsp3) is 0.471. The van der Waals surface area contributed by atoms with Gasteiger partial charge >= 0.3 is 0 Å². The van der Waals surface area contributed by atoms with Gasteiger partial charge in [0.15, 0.2) is 23.0 Å². The third-order valence-electron chi connectivity index (χ3n) is 9.34. The maximum atomic E-state index is 14.5. The van der Waals surface area contributed by atoms with Crippen LogP contribution in [0.5, 0.6) is 23.0 Å². The van der Waals surface area contributed by atoms with E-state index in [0.29, 0.717) is 11.5 Å². The van der Waals surface area contributed by atoms with Crippen molar-refractivity contribution in [2.45, 2.75) is 44.4 Å². The summed E-state index contributed by atoms with van der Waals surface area (Å²) < 4.78 is 22.4. The van der Waals surface area contributed by atoms with Crippen LogP contribution in [0.1, 0.15) is 55.6 Å². The molecule has 2 amide bonds. The summed E-state index contributed by atoms with van der Waals surface area (Å²) in [6.45, 7) is 3.44. The van der Waals surface area contributed by atoms with Gasteiger partial charge in [-0.1, -0.05) is 36.4 Å². The van der Waals surface area contributed by atoms with Crippen molar-refractivity contribution >= 4 is 17.9 Å². The Kier molecular flexibility index (Phi) is 7.53. The lowest BCUT2D eigenvalue weighted by Gasteiger charge is -2.42. The number of allylic oxidation sites excluding steroid dienone is 2. The van der Waals surface area contributed by atoms with Crippen LogP contribution in [0.15, 0.2) is 54.6 Å². The number of carbonyl (C=O) groups excluding carboxylic acids is 2. The summed E-state index contributed by atoms with van der Waals surface area (Å²) in [5, 5.41) is 0. The minimum Gasteiger partial charge on any atom is -0.454 e. The minimum absolute atomic E-state index is 0.0759. The van der Waals surface area contributed by atoms with E-state index in [9.17, 15) is 9.59 Å². The lowest BCUT2D eigenvalue weighted by molar-refractivity contribution is -0.147. The number of benzene rings is 2. The van der Waals surface area contributed by atoms with E-state index in [0.717, 1.165) is 87.3 Å². The van der Waals surface area contributed by atoms with E-state index in [-0.39, 0.29) is 37.2 Å². The van der Waals surface area contributed by atoms with Gasteiger partial charge in [-0.2, -0.15) is 0 Å². The molecule has 8 nitrogen and oxygen atoms in total. The van der Waals surface area contributed by atoms with Gasteiger partial charge in [0.1, 0.15) is 0 Å². The van der Waals surface area contributed by atoms with Crippen LogP contribution in [0.4, 0.5) is 0 Å². The number of hydrogen-bond acceptors (Lipinski definition) is 6. The summed E-state index contributed by atoms with van der Waals surface area (Å²) in [4.78, 5) is 32.6. The zero-order valence-corrected chi connectivity index (χ0v) is 23.9. The smallest absolute Gasteiger partial charge is 0.231 e. The normalized spacial score (nSPS) is 26.6. The molecule has 0 unspecified atom stereocenters. The van der Waals surface area contributed by atoms with Crippen LogP contribution in [0, 0.1) is 17.8 Å². The molecule has 1 aliphatic carbocycles. The van der Waals surface area contributed by atoms with E-state index < -0.39 is 11.8 Å². The average molecular weight is 571 g/mol. The lowest BCUT2D eigenvalue weighted by atomic mass is 9.67. The van der Waals surface area contributed by atoms with Gasteiger partial charge in [-0.05, 0) is 73.9 Å². The van der Waals surface area contributed by atoms with E-state index >= 15 is 0 Å². The van der Waals surface area contributed by atoms with Crippen molar-refractivity contribution in [2.75, 3.05) is 39.8 Å². The Bertz CT molecular complexity index is 1390. The molecule has 0 saturated carbocycles. The van der Waals surface area contributed by atoms with Gasteiger partial charge in [0.2, 0.25) is 25.4 Å². The molecule has 4 heterocycles. The molecule has 0 N–H and O–H groups in total. The van der Waals surface area contributed by atoms with Crippen LogP contribution >= 0.6 is 0 Å². The van der Waals surface area contributed by atoms with Crippen molar-refractivity contribution in [1.82, 2.24) is 9.80 Å². The first-order valence-corrected chi connectivity index (χ1v) is 15.4. The Hall–Kier alpha value is -3.94. The molecule has 4 aliphatic heterocycles. The molecule has 8 heteroatoms. The van der Waals surface area contributed by atoms with E-state index in [1.165, 1.54) is 0 Å². The second-order valence-corrected chi connectivity index (χ2v) is 11.9. The monoisotopic (exact) mass is 570 g/mol. The molecule has 2 aromatic carbocycles. The number of ether oxygens (including phenoxy) is 4. The fourth-order valence-corrected chi connectivity index (χ4v) is 7.09. The van der Waals surface area contributed by atoms with Crippen molar-refractivity contribution in [1.29, 1.82) is 0 Å². The van der Waals surface area contributed by atoms with E-state index in [4.69, 9.17) is 18.9 Å². The van der Waals surface area contributed by atoms with Crippen molar-refractivity contribution < 1.29 is 28.5 Å². The van der Waals surface area contributed by atoms with Crippen LogP contribution in [0.2, 0.25) is 0 Å². The Morgan fingerprint density at radius 1 is 0.667 bits per heavy atom. The van der Waals surface area contributed by atoms with Gasteiger partial charge in [-0.25, -0.2) is 0 Å². The molecular weight excluding hydrogens is 532 g/mol. The topological polar surface area (TPSA) is 77.5 Å². The molecule has 220 valence electrons. The summed E-state index contributed by atoms with van der Waals surface area (Å²) in [5.74, 6) is 1.67. The number of fused-ring (bicyclic) bond motifs is 2. The number of rotatable bonds is 5. The van der Waals surface area contributed by atoms with Crippen LogP contribution in [-0.4, -0.2) is 61.4 Å². The number of likely N-dealkylation sites (tertiary alicyclic amines) is 2. The van der Waals surface area contributed by atoms with Crippen molar-refractivity contribution in [3.8, 4) is 23.0 Å². The Morgan fingerprint density at radius 2 is 1.26 bits per heavy atom. The molecule has 4 atom stereocenters. The quantitative estimate of drug-likeness (QED) is 0.449. The van der Waals surface area contributed by atoms with Gasteiger partial charge in [-0.3, -0.25) is 9.59 Å². The minimum atomic E-state index is -0.511. The van der Waals surface area contributed by atoms with Gasteiger partial charge in [-0.15, -0.1) is 0 Å². The van der Waals surface area contributed by atoms with Gasteiger partial charge in [0.25, 0.3) is 0 Å². The first-order chi connectivity index (χ1) is 20.7. The molecular formula is C34H38N2O6. The standard InChI is InChI=1S/C34H38N2O6/c37-33(35-15-3-1-4-16-35)27-12-11-25(24-9-14-29-31(20-24)42-22-40-29)26(32(27)34(38)36-17-5-2-6-18-36)10-7-23-8-13-28-30(19-23)41-21-39-28/h7-14,19-20,25-27,32H,1-6,15-18,21-22H2/t25-,26+,27-,32-/m0/s1. The lowest BCUT2D eigenvalue weighted by Crippen LogP contribution is -2.51. The molecule has 7 rings (SSSR count). The third-order valence-corrected chi connectivity index (χ3v) is 9.34. The first kappa shape index (κ1) is 26.9. The van der Waals surface area contributed by atoms with Crippen LogP contribution in [0.3, 0.4) is 0 Å². The third kappa shape index (κ3) is 5.23. The molecule has 0 radical (unpaired) electrons. The predicted molar refractivity (Wildman–Crippen MR) is 157 cm³/mol. The molecule has 0 spiro atoms. The zero-order chi connectivity index (χ0) is 28.5. The van der Waals surface area contributed by atoms with Gasteiger partial charge in [0.05, 0.1) is 11.8 Å². The molecule has 42 heavy (non-hydrogen) atoms. The second-order valence-electron chi connectivity index (χ2n) is 11.9. The molecule has 2 fully saturated rings. The SMILES string of the molecule is O=C([C@H]1[C@H](C=Cc2ccc3c(c2)OCO3)[C@H](c2ccc3c(c2)OCO3)C=C[C@@H]1C(=O)N1CCCCC1)N1CCCCC1.